The number of ether oxygens (including phenoxy) is 1. The van der Waals surface area contributed by atoms with E-state index < -0.39 is 18.3 Å². The zero-order chi connectivity index (χ0) is 16.3. The van der Waals surface area contributed by atoms with Gasteiger partial charge in [-0.3, -0.25) is 4.68 Å². The lowest BCUT2D eigenvalue weighted by Crippen LogP contribution is -2.36. The molecule has 1 heterocycles. The SMILES string of the molecule is CCc1cc(COc2ccc([B-](F)(F)F)c(F)c2)n(CC)n1. The zero-order valence-corrected chi connectivity index (χ0v) is 12.3. The predicted octanol–water partition coefficient (Wildman–Crippen LogP) is 3.24. The maximum Gasteiger partial charge on any atom is 0.512 e. The summed E-state index contributed by atoms with van der Waals surface area (Å²) in [5.74, 6) is -1.26. The zero-order valence-electron chi connectivity index (χ0n) is 12.3. The smallest absolute Gasteiger partial charge is 0.487 e. The second kappa shape index (κ2) is 6.42. The molecule has 0 saturated heterocycles. The first-order valence-electron chi connectivity index (χ1n) is 7.03. The highest BCUT2D eigenvalue weighted by atomic mass is 19.4. The fourth-order valence-corrected chi connectivity index (χ4v) is 2.10. The molecule has 8 heteroatoms. The van der Waals surface area contributed by atoms with E-state index in [2.05, 4.69) is 5.10 Å². The molecule has 0 aliphatic heterocycles. The quantitative estimate of drug-likeness (QED) is 0.604. The third-order valence-electron chi connectivity index (χ3n) is 3.29. The van der Waals surface area contributed by atoms with Crippen LogP contribution in [0, 0.1) is 5.82 Å². The van der Waals surface area contributed by atoms with Crippen molar-refractivity contribution in [2.45, 2.75) is 33.4 Å². The summed E-state index contributed by atoms with van der Waals surface area (Å²) in [6.07, 6.45) is 0.775. The molecule has 0 N–H and O–H groups in total. The Morgan fingerprint density at radius 1 is 1.18 bits per heavy atom. The van der Waals surface area contributed by atoms with Crippen molar-refractivity contribution >= 4 is 12.4 Å². The van der Waals surface area contributed by atoms with E-state index in [0.717, 1.165) is 29.9 Å². The Balaban J connectivity index is 2.12. The molecule has 0 aliphatic rings. The third-order valence-corrected chi connectivity index (χ3v) is 3.29. The standard InChI is InChI=1S/C14H16BF4N2O/c1-3-10-7-11(21(4-2)20-10)9-22-12-5-6-13(14(16)8-12)15(17,18)19/h5-8H,3-4,9H2,1-2H3/q-1. The van der Waals surface area contributed by atoms with Gasteiger partial charge in [0.1, 0.15) is 12.4 Å². The predicted molar refractivity (Wildman–Crippen MR) is 76.7 cm³/mol. The summed E-state index contributed by atoms with van der Waals surface area (Å²) >= 11 is 0. The normalized spacial score (nSPS) is 11.7. The van der Waals surface area contributed by atoms with Gasteiger partial charge in [0.05, 0.1) is 17.2 Å². The fourth-order valence-electron chi connectivity index (χ4n) is 2.10. The molecule has 22 heavy (non-hydrogen) atoms. The first-order chi connectivity index (χ1) is 10.3. The van der Waals surface area contributed by atoms with Crippen LogP contribution in [0.2, 0.25) is 0 Å². The fraction of sp³-hybridized carbons (Fsp3) is 0.357. The Morgan fingerprint density at radius 2 is 1.91 bits per heavy atom. The molecule has 0 amide bonds. The first-order valence-corrected chi connectivity index (χ1v) is 7.03. The van der Waals surface area contributed by atoms with Crippen LogP contribution in [0.1, 0.15) is 25.2 Å². The van der Waals surface area contributed by atoms with Crippen LogP contribution in [0.5, 0.6) is 5.75 Å². The Labute approximate surface area is 126 Å². The summed E-state index contributed by atoms with van der Waals surface area (Å²) in [5, 5.41) is 4.34. The average molecular weight is 315 g/mol. The molecule has 2 aromatic rings. The minimum absolute atomic E-state index is 0.0585. The van der Waals surface area contributed by atoms with E-state index in [1.165, 1.54) is 0 Å². The van der Waals surface area contributed by atoms with E-state index in [4.69, 9.17) is 4.74 Å². The van der Waals surface area contributed by atoms with E-state index >= 15 is 0 Å². The van der Waals surface area contributed by atoms with Gasteiger partial charge in [0.25, 0.3) is 0 Å². The Hall–Kier alpha value is -1.99. The van der Waals surface area contributed by atoms with Gasteiger partial charge in [-0.05, 0) is 25.5 Å². The summed E-state index contributed by atoms with van der Waals surface area (Å²) < 4.78 is 58.2. The molecule has 0 atom stereocenters. The van der Waals surface area contributed by atoms with Gasteiger partial charge in [-0.2, -0.15) is 5.10 Å². The maximum atomic E-state index is 13.5. The number of halogens is 4. The van der Waals surface area contributed by atoms with Crippen molar-refractivity contribution in [3.8, 4) is 5.75 Å². The summed E-state index contributed by atoms with van der Waals surface area (Å²) in [6.45, 7) is -0.681. The van der Waals surface area contributed by atoms with Crippen LogP contribution in [-0.2, 0) is 19.6 Å². The van der Waals surface area contributed by atoms with Crippen molar-refractivity contribution in [2.75, 3.05) is 0 Å². The highest BCUT2D eigenvalue weighted by molar-refractivity contribution is 6.73. The lowest BCUT2D eigenvalue weighted by atomic mass is 9.80. The highest BCUT2D eigenvalue weighted by Crippen LogP contribution is 2.18. The van der Waals surface area contributed by atoms with Crippen molar-refractivity contribution < 1.29 is 22.1 Å². The number of nitrogens with zero attached hydrogens (tertiary/aromatic N) is 2. The maximum absolute atomic E-state index is 13.5. The van der Waals surface area contributed by atoms with E-state index in [-0.39, 0.29) is 12.4 Å². The van der Waals surface area contributed by atoms with Crippen LogP contribution in [0.25, 0.3) is 0 Å². The molecular formula is C14H16BF4N2O-. The van der Waals surface area contributed by atoms with Crippen LogP contribution in [0.3, 0.4) is 0 Å². The number of hydrogen-bond donors (Lipinski definition) is 0. The molecule has 0 bridgehead atoms. The van der Waals surface area contributed by atoms with Gasteiger partial charge >= 0.3 is 6.98 Å². The first kappa shape index (κ1) is 16.4. The highest BCUT2D eigenvalue weighted by Gasteiger charge is 2.29. The van der Waals surface area contributed by atoms with Gasteiger partial charge in [0, 0.05) is 12.6 Å². The number of aryl methyl sites for hydroxylation is 2. The number of aromatic nitrogens is 2. The third kappa shape index (κ3) is 3.61. The molecule has 0 fully saturated rings. The van der Waals surface area contributed by atoms with Gasteiger partial charge < -0.3 is 17.7 Å². The van der Waals surface area contributed by atoms with Gasteiger partial charge in [-0.15, -0.1) is 0 Å². The molecule has 120 valence electrons. The second-order valence-electron chi connectivity index (χ2n) is 4.84. The summed E-state index contributed by atoms with van der Waals surface area (Å²) in [7, 11) is 0. The minimum Gasteiger partial charge on any atom is -0.487 e. The number of rotatable bonds is 6. The van der Waals surface area contributed by atoms with Crippen LogP contribution in [-0.4, -0.2) is 16.8 Å². The Bertz CT molecular complexity index is 655. The molecule has 3 nitrogen and oxygen atoms in total. The van der Waals surface area contributed by atoms with Gasteiger partial charge in [0.2, 0.25) is 0 Å². The van der Waals surface area contributed by atoms with Crippen molar-refractivity contribution in [3.63, 3.8) is 0 Å². The van der Waals surface area contributed by atoms with Gasteiger partial charge in [-0.1, -0.05) is 18.5 Å². The molecule has 0 radical (unpaired) electrons. The molecule has 1 aromatic heterocycles. The van der Waals surface area contributed by atoms with Gasteiger partial charge in [-0.25, -0.2) is 4.39 Å². The van der Waals surface area contributed by atoms with Gasteiger partial charge in [0.15, 0.2) is 0 Å². The second-order valence-corrected chi connectivity index (χ2v) is 4.84. The van der Waals surface area contributed by atoms with E-state index in [1.807, 2.05) is 19.9 Å². The average Bonchev–Trinajstić information content (AvgIpc) is 2.86. The lowest BCUT2D eigenvalue weighted by molar-refractivity contribution is 0.291. The Kier molecular flexibility index (Phi) is 4.78. The van der Waals surface area contributed by atoms with Crippen molar-refractivity contribution in [3.05, 3.63) is 41.5 Å². The summed E-state index contributed by atoms with van der Waals surface area (Å²) in [5.41, 5.74) is 0.463. The van der Waals surface area contributed by atoms with Crippen LogP contribution in [0.4, 0.5) is 17.3 Å². The molecule has 1 aromatic carbocycles. The largest absolute Gasteiger partial charge is 0.512 e. The monoisotopic (exact) mass is 315 g/mol. The number of benzene rings is 1. The van der Waals surface area contributed by atoms with Crippen molar-refractivity contribution in [1.82, 2.24) is 9.78 Å². The van der Waals surface area contributed by atoms with Crippen LogP contribution < -0.4 is 10.2 Å². The molecule has 2 rings (SSSR count). The van der Waals surface area contributed by atoms with Crippen molar-refractivity contribution in [2.24, 2.45) is 0 Å². The van der Waals surface area contributed by atoms with Crippen LogP contribution in [0.15, 0.2) is 24.3 Å². The summed E-state index contributed by atoms with van der Waals surface area (Å²) in [6, 6.07) is 4.46. The molecule has 0 aliphatic carbocycles. The topological polar surface area (TPSA) is 27.1 Å². The Morgan fingerprint density at radius 3 is 2.45 bits per heavy atom. The molecule has 0 saturated carbocycles. The van der Waals surface area contributed by atoms with E-state index in [1.54, 1.807) is 4.68 Å². The molecule has 0 spiro atoms. The lowest BCUT2D eigenvalue weighted by Gasteiger charge is -2.16. The van der Waals surface area contributed by atoms with Crippen LogP contribution >= 0.6 is 0 Å². The van der Waals surface area contributed by atoms with E-state index in [9.17, 15) is 17.3 Å². The van der Waals surface area contributed by atoms with Crippen molar-refractivity contribution in [1.29, 1.82) is 0 Å². The summed E-state index contributed by atoms with van der Waals surface area (Å²) in [4.78, 5) is 0. The minimum atomic E-state index is -5.36. The van der Waals surface area contributed by atoms with E-state index in [0.29, 0.717) is 12.6 Å². The number of hydrogen-bond acceptors (Lipinski definition) is 2. The molecule has 0 unspecified atom stereocenters. The molecular weight excluding hydrogens is 299 g/mol.